The zero-order chi connectivity index (χ0) is 22.8. The first kappa shape index (κ1) is 20.6. The monoisotopic (exact) mass is 440 g/mol. The van der Waals surface area contributed by atoms with Gasteiger partial charge in [0.15, 0.2) is 11.2 Å². The van der Waals surface area contributed by atoms with Gasteiger partial charge in [-0.25, -0.2) is 18.7 Å². The standard InChI is InChI=1S/C26H21FN4O2/c27-22-14-8-7-11-20(22)17-29-18-28-24-23(29)25(32)30(16-15-19-9-3-1-4-10-19)26(33)31(24)21-12-5-2-6-13-21/h1-14,18H,15-17H2. The summed E-state index contributed by atoms with van der Waals surface area (Å²) in [5.41, 5.74) is 1.69. The summed E-state index contributed by atoms with van der Waals surface area (Å²) < 4.78 is 18.6. The highest BCUT2D eigenvalue weighted by molar-refractivity contribution is 5.72. The zero-order valence-electron chi connectivity index (χ0n) is 17.8. The van der Waals surface area contributed by atoms with Crippen molar-refractivity contribution in [3.8, 4) is 5.69 Å². The first-order valence-electron chi connectivity index (χ1n) is 10.7. The smallest absolute Gasteiger partial charge is 0.320 e. The van der Waals surface area contributed by atoms with Crippen LogP contribution in [0.25, 0.3) is 16.9 Å². The van der Waals surface area contributed by atoms with Crippen molar-refractivity contribution in [1.82, 2.24) is 18.7 Å². The lowest BCUT2D eigenvalue weighted by Crippen LogP contribution is -2.40. The highest BCUT2D eigenvalue weighted by Gasteiger charge is 2.19. The van der Waals surface area contributed by atoms with E-state index in [-0.39, 0.29) is 30.1 Å². The number of hydrogen-bond acceptors (Lipinski definition) is 3. The lowest BCUT2D eigenvalue weighted by Gasteiger charge is -2.13. The molecule has 7 heteroatoms. The molecule has 0 amide bonds. The van der Waals surface area contributed by atoms with Crippen molar-refractivity contribution >= 4 is 11.2 Å². The zero-order valence-corrected chi connectivity index (χ0v) is 17.8. The fraction of sp³-hybridized carbons (Fsp3) is 0.115. The molecule has 0 aliphatic rings. The highest BCUT2D eigenvalue weighted by atomic mass is 19.1. The molecule has 0 saturated heterocycles. The van der Waals surface area contributed by atoms with Crippen LogP contribution in [0.2, 0.25) is 0 Å². The van der Waals surface area contributed by atoms with Crippen molar-refractivity contribution in [2.75, 3.05) is 0 Å². The van der Waals surface area contributed by atoms with E-state index >= 15 is 0 Å². The van der Waals surface area contributed by atoms with Gasteiger partial charge in [-0.2, -0.15) is 0 Å². The maximum atomic E-state index is 14.3. The summed E-state index contributed by atoms with van der Waals surface area (Å²) in [7, 11) is 0. The third-order valence-corrected chi connectivity index (χ3v) is 5.68. The van der Waals surface area contributed by atoms with Gasteiger partial charge in [-0.15, -0.1) is 0 Å². The van der Waals surface area contributed by atoms with Crippen molar-refractivity contribution in [3.05, 3.63) is 129 Å². The van der Waals surface area contributed by atoms with Crippen LogP contribution in [-0.2, 0) is 19.5 Å². The van der Waals surface area contributed by atoms with E-state index in [4.69, 9.17) is 0 Å². The van der Waals surface area contributed by atoms with E-state index in [0.29, 0.717) is 17.7 Å². The summed E-state index contributed by atoms with van der Waals surface area (Å²) in [4.78, 5) is 31.4. The van der Waals surface area contributed by atoms with Crippen LogP contribution in [0.5, 0.6) is 0 Å². The van der Waals surface area contributed by atoms with Gasteiger partial charge >= 0.3 is 5.69 Å². The van der Waals surface area contributed by atoms with E-state index in [1.807, 2.05) is 48.5 Å². The molecule has 0 fully saturated rings. The third-order valence-electron chi connectivity index (χ3n) is 5.68. The van der Waals surface area contributed by atoms with E-state index in [0.717, 1.165) is 5.56 Å². The molecule has 0 spiro atoms. The molecule has 5 aromatic rings. The predicted molar refractivity (Wildman–Crippen MR) is 125 cm³/mol. The Balaban J connectivity index is 1.69. The molecule has 0 unspecified atom stereocenters. The highest BCUT2D eigenvalue weighted by Crippen LogP contribution is 2.16. The SMILES string of the molecule is O=c1c2c(ncn2Cc2ccccc2F)n(-c2ccccc2)c(=O)n1CCc1ccccc1. The quantitative estimate of drug-likeness (QED) is 0.404. The van der Waals surface area contributed by atoms with Crippen LogP contribution in [-0.4, -0.2) is 18.7 Å². The van der Waals surface area contributed by atoms with Gasteiger partial charge < -0.3 is 4.57 Å². The minimum Gasteiger partial charge on any atom is -0.320 e. The van der Waals surface area contributed by atoms with Crippen molar-refractivity contribution in [3.63, 3.8) is 0 Å². The molecule has 2 heterocycles. The molecule has 3 aromatic carbocycles. The second-order valence-corrected chi connectivity index (χ2v) is 7.78. The van der Waals surface area contributed by atoms with E-state index in [1.54, 1.807) is 34.9 Å². The van der Waals surface area contributed by atoms with Gasteiger partial charge in [0, 0.05) is 12.1 Å². The van der Waals surface area contributed by atoms with Crippen molar-refractivity contribution in [2.45, 2.75) is 19.5 Å². The third kappa shape index (κ3) is 3.89. The Morgan fingerprint density at radius 2 is 1.48 bits per heavy atom. The van der Waals surface area contributed by atoms with Crippen LogP contribution >= 0.6 is 0 Å². The molecule has 33 heavy (non-hydrogen) atoms. The number of aromatic nitrogens is 4. The van der Waals surface area contributed by atoms with Crippen LogP contribution in [0, 0.1) is 5.82 Å². The summed E-state index contributed by atoms with van der Waals surface area (Å²) in [5.74, 6) is -0.361. The minimum atomic E-state index is -0.453. The van der Waals surface area contributed by atoms with Gasteiger partial charge in [-0.3, -0.25) is 9.36 Å². The number of nitrogens with zero attached hydrogens (tertiary/aromatic N) is 4. The van der Waals surface area contributed by atoms with E-state index in [1.165, 1.54) is 21.5 Å². The van der Waals surface area contributed by atoms with E-state index < -0.39 is 11.2 Å². The van der Waals surface area contributed by atoms with Crippen LogP contribution in [0.3, 0.4) is 0 Å². The van der Waals surface area contributed by atoms with Gasteiger partial charge in [-0.1, -0.05) is 66.7 Å². The fourth-order valence-electron chi connectivity index (χ4n) is 4.00. The number of imidazole rings is 1. The lowest BCUT2D eigenvalue weighted by molar-refractivity contribution is 0.598. The Hall–Kier alpha value is -4.26. The van der Waals surface area contributed by atoms with Gasteiger partial charge in [0.05, 0.1) is 18.6 Å². The Kier molecular flexibility index (Phi) is 5.44. The number of fused-ring (bicyclic) bond motifs is 1. The lowest BCUT2D eigenvalue weighted by atomic mass is 10.1. The molecular formula is C26H21FN4O2. The molecule has 0 aliphatic carbocycles. The average molecular weight is 440 g/mol. The molecule has 2 aromatic heterocycles. The fourth-order valence-corrected chi connectivity index (χ4v) is 4.00. The van der Waals surface area contributed by atoms with Gasteiger partial charge in [0.2, 0.25) is 0 Å². The first-order valence-corrected chi connectivity index (χ1v) is 10.7. The normalized spacial score (nSPS) is 11.2. The topological polar surface area (TPSA) is 61.8 Å². The van der Waals surface area contributed by atoms with Gasteiger partial charge in [-0.05, 0) is 30.2 Å². The molecular weight excluding hydrogens is 419 g/mol. The molecule has 0 atom stereocenters. The number of halogens is 1. The van der Waals surface area contributed by atoms with Crippen molar-refractivity contribution in [2.24, 2.45) is 0 Å². The Bertz CT molecular complexity index is 1540. The van der Waals surface area contributed by atoms with E-state index in [2.05, 4.69) is 4.98 Å². The summed E-state index contributed by atoms with van der Waals surface area (Å²) >= 11 is 0. The molecule has 5 rings (SSSR count). The summed E-state index contributed by atoms with van der Waals surface area (Å²) in [6.45, 7) is 0.347. The Morgan fingerprint density at radius 1 is 0.818 bits per heavy atom. The molecule has 6 nitrogen and oxygen atoms in total. The largest absolute Gasteiger partial charge is 0.337 e. The van der Waals surface area contributed by atoms with Crippen LogP contribution < -0.4 is 11.2 Å². The molecule has 0 saturated carbocycles. The molecule has 0 N–H and O–H groups in total. The van der Waals surface area contributed by atoms with Crippen LogP contribution in [0.4, 0.5) is 4.39 Å². The molecule has 0 radical (unpaired) electrons. The average Bonchev–Trinajstić information content (AvgIpc) is 3.25. The second-order valence-electron chi connectivity index (χ2n) is 7.78. The molecule has 164 valence electrons. The minimum absolute atomic E-state index is 0.129. The number of benzene rings is 3. The summed E-state index contributed by atoms with van der Waals surface area (Å²) in [5, 5.41) is 0. The Labute approximate surface area is 188 Å². The molecule has 0 bridgehead atoms. The maximum Gasteiger partial charge on any atom is 0.337 e. The number of hydrogen-bond donors (Lipinski definition) is 0. The number of para-hydroxylation sites is 1. The van der Waals surface area contributed by atoms with Crippen molar-refractivity contribution < 1.29 is 4.39 Å². The predicted octanol–water partition coefficient (Wildman–Crippen LogP) is 3.78. The Morgan fingerprint density at radius 3 is 2.21 bits per heavy atom. The van der Waals surface area contributed by atoms with Crippen molar-refractivity contribution in [1.29, 1.82) is 0 Å². The van der Waals surface area contributed by atoms with Gasteiger partial charge in [0.1, 0.15) is 5.82 Å². The van der Waals surface area contributed by atoms with Crippen LogP contribution in [0.1, 0.15) is 11.1 Å². The second kappa shape index (κ2) is 8.70. The van der Waals surface area contributed by atoms with E-state index in [9.17, 15) is 14.0 Å². The van der Waals surface area contributed by atoms with Gasteiger partial charge in [0.25, 0.3) is 5.56 Å². The summed E-state index contributed by atoms with van der Waals surface area (Å²) in [6, 6.07) is 25.2. The summed E-state index contributed by atoms with van der Waals surface area (Å²) in [6.07, 6.45) is 2.01. The first-order chi connectivity index (χ1) is 16.1. The number of aryl methyl sites for hydroxylation is 1. The number of rotatable bonds is 6. The van der Waals surface area contributed by atoms with Crippen LogP contribution in [0.15, 0.2) is 101 Å². The maximum absolute atomic E-state index is 14.3. The molecule has 0 aliphatic heterocycles.